The normalized spacial score (nSPS) is 11.8. The van der Waals surface area contributed by atoms with E-state index in [0.29, 0.717) is 32.8 Å². The van der Waals surface area contributed by atoms with E-state index in [0.717, 1.165) is 11.3 Å². The monoisotopic (exact) mass is 417 g/mol. The Labute approximate surface area is 171 Å². The predicted octanol–water partition coefficient (Wildman–Crippen LogP) is 4.55. The summed E-state index contributed by atoms with van der Waals surface area (Å²) in [5.74, 6) is -0.585. The Morgan fingerprint density at radius 3 is 2.48 bits per heavy atom. The van der Waals surface area contributed by atoms with E-state index in [1.54, 1.807) is 37.3 Å². The summed E-state index contributed by atoms with van der Waals surface area (Å²) in [7, 11) is 3.00. The molecular formula is C21H20FNO5S. The molecule has 0 aliphatic rings. The second-order valence-corrected chi connectivity index (χ2v) is 7.33. The van der Waals surface area contributed by atoms with Gasteiger partial charge >= 0.3 is 5.97 Å². The molecule has 6 nitrogen and oxygen atoms in total. The molecule has 0 unspecified atom stereocenters. The Kier molecular flexibility index (Phi) is 6.03. The number of hydrogen-bond donors (Lipinski definition) is 1. The third-order valence-corrected chi connectivity index (χ3v) is 5.63. The number of anilines is 1. The van der Waals surface area contributed by atoms with Crippen LogP contribution >= 0.6 is 11.3 Å². The van der Waals surface area contributed by atoms with Gasteiger partial charge in [-0.3, -0.25) is 4.79 Å². The minimum absolute atomic E-state index is 0.274. The molecule has 2 aromatic carbocycles. The molecule has 1 atom stereocenters. The van der Waals surface area contributed by atoms with E-state index in [2.05, 4.69) is 5.32 Å². The van der Waals surface area contributed by atoms with E-state index in [1.165, 1.54) is 27.2 Å². The fourth-order valence-corrected chi connectivity index (χ4v) is 3.98. The van der Waals surface area contributed by atoms with Gasteiger partial charge in [0.2, 0.25) is 0 Å². The highest BCUT2D eigenvalue weighted by Gasteiger charge is 2.24. The van der Waals surface area contributed by atoms with Crippen LogP contribution in [0.1, 0.15) is 22.2 Å². The van der Waals surface area contributed by atoms with Crippen LogP contribution in [0.4, 0.5) is 10.1 Å². The Morgan fingerprint density at radius 1 is 1.10 bits per heavy atom. The zero-order valence-corrected chi connectivity index (χ0v) is 17.2. The smallest absolute Gasteiger partial charge is 0.349 e. The molecule has 1 amide bonds. The van der Waals surface area contributed by atoms with Gasteiger partial charge in [0.05, 0.1) is 14.2 Å². The number of halogens is 1. The highest BCUT2D eigenvalue weighted by molar-refractivity contribution is 7.21. The van der Waals surface area contributed by atoms with Gasteiger partial charge in [0.25, 0.3) is 5.91 Å². The molecule has 1 aromatic heterocycles. The molecule has 0 spiro atoms. The van der Waals surface area contributed by atoms with Crippen LogP contribution in [-0.4, -0.2) is 32.2 Å². The zero-order valence-electron chi connectivity index (χ0n) is 16.4. The van der Waals surface area contributed by atoms with Crippen LogP contribution in [0.5, 0.6) is 11.5 Å². The van der Waals surface area contributed by atoms with E-state index in [1.807, 2.05) is 0 Å². The van der Waals surface area contributed by atoms with Crippen molar-refractivity contribution in [3.63, 3.8) is 0 Å². The van der Waals surface area contributed by atoms with Gasteiger partial charge in [0.1, 0.15) is 10.7 Å². The molecule has 0 bridgehead atoms. The van der Waals surface area contributed by atoms with Crippen LogP contribution in [0, 0.1) is 12.7 Å². The number of aryl methyl sites for hydroxylation is 1. The lowest BCUT2D eigenvalue weighted by Crippen LogP contribution is -2.29. The Bertz CT molecular complexity index is 1080. The zero-order chi connectivity index (χ0) is 21.1. The molecule has 0 radical (unpaired) electrons. The van der Waals surface area contributed by atoms with Crippen molar-refractivity contribution in [2.75, 3.05) is 19.5 Å². The van der Waals surface area contributed by atoms with Crippen molar-refractivity contribution in [3.8, 4) is 11.5 Å². The van der Waals surface area contributed by atoms with Crippen molar-refractivity contribution in [3.05, 3.63) is 52.7 Å². The number of carbonyl (C=O) groups excluding carboxylic acids is 2. The first-order valence-electron chi connectivity index (χ1n) is 8.77. The van der Waals surface area contributed by atoms with Gasteiger partial charge in [-0.1, -0.05) is 6.07 Å². The number of benzene rings is 2. The lowest BCUT2D eigenvalue weighted by Gasteiger charge is -2.14. The first-order valence-corrected chi connectivity index (χ1v) is 9.58. The van der Waals surface area contributed by atoms with Crippen molar-refractivity contribution in [2.24, 2.45) is 0 Å². The van der Waals surface area contributed by atoms with Crippen molar-refractivity contribution >= 4 is 39.0 Å². The molecule has 1 heterocycles. The first kappa shape index (κ1) is 20.6. The van der Waals surface area contributed by atoms with Gasteiger partial charge in [-0.2, -0.15) is 0 Å². The van der Waals surface area contributed by atoms with Crippen molar-refractivity contribution in [1.29, 1.82) is 0 Å². The lowest BCUT2D eigenvalue weighted by atomic mass is 10.1. The Hall–Kier alpha value is -3.13. The standard InChI is InChI=1S/C21H20FNO5S/c1-11-18-14(22)6-5-7-17(18)29-19(11)21(25)28-12(2)20(24)23-13-8-9-15(26-3)16(10-13)27-4/h5-10,12H,1-4H3,(H,23,24)/t12-/m1/s1. The molecule has 8 heteroatoms. The van der Waals surface area contributed by atoms with Crippen LogP contribution in [0.2, 0.25) is 0 Å². The molecule has 0 saturated heterocycles. The van der Waals surface area contributed by atoms with Gasteiger partial charge in [0.15, 0.2) is 17.6 Å². The summed E-state index contributed by atoms with van der Waals surface area (Å²) < 4.78 is 30.4. The summed E-state index contributed by atoms with van der Waals surface area (Å²) in [6.45, 7) is 3.13. The van der Waals surface area contributed by atoms with Crippen LogP contribution < -0.4 is 14.8 Å². The fourth-order valence-electron chi connectivity index (χ4n) is 2.87. The van der Waals surface area contributed by atoms with Gasteiger partial charge in [-0.15, -0.1) is 11.3 Å². The number of esters is 1. The van der Waals surface area contributed by atoms with Gasteiger partial charge in [-0.05, 0) is 43.7 Å². The number of nitrogens with one attached hydrogen (secondary N) is 1. The number of rotatable bonds is 6. The number of amides is 1. The molecule has 0 fully saturated rings. The average Bonchev–Trinajstić information content (AvgIpc) is 3.05. The maximum absolute atomic E-state index is 14.0. The molecule has 3 rings (SSSR count). The highest BCUT2D eigenvalue weighted by atomic mass is 32.1. The summed E-state index contributed by atoms with van der Waals surface area (Å²) in [6, 6.07) is 9.56. The van der Waals surface area contributed by atoms with Gasteiger partial charge < -0.3 is 19.5 Å². The number of ether oxygens (including phenoxy) is 3. The maximum Gasteiger partial charge on any atom is 0.349 e. The summed E-state index contributed by atoms with van der Waals surface area (Å²) in [6.07, 6.45) is -1.05. The summed E-state index contributed by atoms with van der Waals surface area (Å²) in [4.78, 5) is 25.2. The molecule has 0 aliphatic heterocycles. The maximum atomic E-state index is 14.0. The molecular weight excluding hydrogens is 397 g/mol. The number of fused-ring (bicyclic) bond motifs is 1. The number of carbonyl (C=O) groups is 2. The van der Waals surface area contributed by atoms with Crippen LogP contribution in [0.3, 0.4) is 0 Å². The Balaban J connectivity index is 1.72. The lowest BCUT2D eigenvalue weighted by molar-refractivity contribution is -0.123. The van der Waals surface area contributed by atoms with E-state index >= 15 is 0 Å². The molecule has 152 valence electrons. The summed E-state index contributed by atoms with van der Waals surface area (Å²) in [5, 5.41) is 3.06. The minimum atomic E-state index is -1.05. The van der Waals surface area contributed by atoms with Crippen LogP contribution in [0.25, 0.3) is 10.1 Å². The number of thiophene rings is 1. The topological polar surface area (TPSA) is 73.9 Å². The molecule has 3 aromatic rings. The van der Waals surface area contributed by atoms with Gasteiger partial charge in [-0.25, -0.2) is 9.18 Å². The molecule has 0 saturated carbocycles. The number of methoxy groups -OCH3 is 2. The summed E-state index contributed by atoms with van der Waals surface area (Å²) >= 11 is 1.14. The minimum Gasteiger partial charge on any atom is -0.493 e. The highest BCUT2D eigenvalue weighted by Crippen LogP contribution is 2.33. The average molecular weight is 417 g/mol. The predicted molar refractivity (Wildman–Crippen MR) is 110 cm³/mol. The van der Waals surface area contributed by atoms with Crippen LogP contribution in [0.15, 0.2) is 36.4 Å². The van der Waals surface area contributed by atoms with E-state index in [-0.39, 0.29) is 4.88 Å². The van der Waals surface area contributed by atoms with Crippen molar-refractivity contribution in [1.82, 2.24) is 0 Å². The third kappa shape index (κ3) is 4.17. The fraction of sp³-hybridized carbons (Fsp3) is 0.238. The van der Waals surface area contributed by atoms with Crippen molar-refractivity contribution in [2.45, 2.75) is 20.0 Å². The number of hydrogen-bond acceptors (Lipinski definition) is 6. The van der Waals surface area contributed by atoms with E-state index in [9.17, 15) is 14.0 Å². The second kappa shape index (κ2) is 8.48. The summed E-state index contributed by atoms with van der Waals surface area (Å²) in [5.41, 5.74) is 0.969. The van der Waals surface area contributed by atoms with E-state index < -0.39 is 23.8 Å². The first-order chi connectivity index (χ1) is 13.8. The van der Waals surface area contributed by atoms with E-state index in [4.69, 9.17) is 14.2 Å². The second-order valence-electron chi connectivity index (χ2n) is 6.28. The molecule has 0 aliphatic carbocycles. The van der Waals surface area contributed by atoms with Crippen LogP contribution in [-0.2, 0) is 9.53 Å². The third-order valence-electron chi connectivity index (χ3n) is 4.39. The molecule has 1 N–H and O–H groups in total. The molecule has 29 heavy (non-hydrogen) atoms. The quantitative estimate of drug-likeness (QED) is 0.596. The van der Waals surface area contributed by atoms with Gasteiger partial charge in [0, 0.05) is 21.8 Å². The van der Waals surface area contributed by atoms with Crippen molar-refractivity contribution < 1.29 is 28.2 Å². The largest absolute Gasteiger partial charge is 0.493 e. The Morgan fingerprint density at radius 2 is 1.83 bits per heavy atom. The SMILES string of the molecule is COc1ccc(NC(=O)[C@@H](C)OC(=O)c2sc3cccc(F)c3c2C)cc1OC.